The number of carboxylic acid groups (broad SMARTS) is 1. The minimum Gasteiger partial charge on any atom is -0.489 e. The summed E-state index contributed by atoms with van der Waals surface area (Å²) in [5, 5.41) is 10.2. The Hall–Kier alpha value is -2.89. The van der Waals surface area contributed by atoms with Crippen LogP contribution in [-0.2, 0) is 11.3 Å². The number of ether oxygens (including phenoxy) is 1. The third-order valence-corrected chi connectivity index (χ3v) is 9.63. The Morgan fingerprint density at radius 2 is 1.74 bits per heavy atom. The Kier molecular flexibility index (Phi) is 9.90. The molecule has 2 saturated carbocycles. The molecule has 3 fully saturated rings. The number of nitrogens with zero attached hydrogens (tertiary/aromatic N) is 3. The van der Waals surface area contributed by atoms with Crippen LogP contribution in [-0.4, -0.2) is 52.1 Å². The number of anilines is 1. The van der Waals surface area contributed by atoms with E-state index in [9.17, 15) is 14.7 Å². The maximum atomic E-state index is 14.1. The van der Waals surface area contributed by atoms with Crippen LogP contribution in [0.2, 0.25) is 0 Å². The molecule has 1 aliphatic heterocycles. The highest BCUT2D eigenvalue weighted by Crippen LogP contribution is 2.38. The summed E-state index contributed by atoms with van der Waals surface area (Å²) in [5.74, 6) is 6.22. The number of carbonyl (C=O) groups is 2. The Morgan fingerprint density at radius 1 is 1.02 bits per heavy atom. The van der Waals surface area contributed by atoms with Crippen LogP contribution in [0.4, 0.5) is 5.69 Å². The molecule has 0 spiro atoms. The number of aromatic nitrogens is 1. The van der Waals surface area contributed by atoms with Crippen LogP contribution in [0.1, 0.15) is 112 Å². The van der Waals surface area contributed by atoms with Gasteiger partial charge in [0.25, 0.3) is 0 Å². The van der Waals surface area contributed by atoms with Gasteiger partial charge in [-0.1, -0.05) is 31.1 Å². The van der Waals surface area contributed by atoms with Crippen LogP contribution in [0.15, 0.2) is 24.5 Å². The number of carbonyl (C=O) groups excluding carboxylic acids is 1. The number of likely N-dealkylation sites (tertiary alicyclic amines) is 1. The summed E-state index contributed by atoms with van der Waals surface area (Å²) in [6.45, 7) is 9.29. The van der Waals surface area contributed by atoms with Gasteiger partial charge in [-0.15, -0.1) is 11.3 Å². The first-order valence-corrected chi connectivity index (χ1v) is 16.5. The molecule has 2 aliphatic carbocycles. The van der Waals surface area contributed by atoms with Gasteiger partial charge in [-0.25, -0.2) is 4.79 Å². The van der Waals surface area contributed by atoms with Crippen LogP contribution >= 0.6 is 11.3 Å². The predicted molar refractivity (Wildman–Crippen MR) is 167 cm³/mol. The molecule has 0 unspecified atom stereocenters. The smallest absolute Gasteiger partial charge is 0.348 e. The standard InChI is InChI=1S/C34H45N3O4S/c1-34(2,3)16-15-29-20-30(31(42-29)33(39)40)37(32(38)25-9-5-4-6-10-25)26-11-13-27(14-12-26)41-28-19-24(21-35-22-28)23-36-17-7-8-18-36/h19-22,25-27H,4-14,17-18,23H2,1-3H3,(H,39,40)/t26-,27-. The van der Waals surface area contributed by atoms with E-state index in [1.54, 1.807) is 6.20 Å². The summed E-state index contributed by atoms with van der Waals surface area (Å²) in [7, 11) is 0. The molecule has 7 nitrogen and oxygen atoms in total. The quantitative estimate of drug-likeness (QED) is 0.329. The average Bonchev–Trinajstić information content (AvgIpc) is 3.64. The SMILES string of the molecule is CC(C)(C)C#Cc1cc(N(C(=O)C2CCCCC2)[C@H]2CC[C@H](Oc3cncc(CN4CCCC4)c3)CC2)c(C(=O)O)s1. The second kappa shape index (κ2) is 13.6. The van der Waals surface area contributed by atoms with Crippen molar-refractivity contribution in [3.05, 3.63) is 39.8 Å². The number of hydrogen-bond donors (Lipinski definition) is 1. The van der Waals surface area contributed by atoms with Crippen molar-refractivity contribution in [2.45, 2.75) is 110 Å². The molecule has 0 bridgehead atoms. The minimum absolute atomic E-state index is 0.0475. The van der Waals surface area contributed by atoms with Gasteiger partial charge in [0.2, 0.25) is 5.91 Å². The predicted octanol–water partition coefficient (Wildman–Crippen LogP) is 7.14. The molecule has 3 heterocycles. The zero-order valence-corrected chi connectivity index (χ0v) is 26.2. The number of hydrogen-bond acceptors (Lipinski definition) is 6. The van der Waals surface area contributed by atoms with E-state index in [1.165, 1.54) is 29.7 Å². The highest BCUT2D eigenvalue weighted by molar-refractivity contribution is 7.15. The van der Waals surface area contributed by atoms with E-state index in [0.29, 0.717) is 10.6 Å². The molecule has 0 radical (unpaired) electrons. The number of thiophene rings is 1. The summed E-state index contributed by atoms with van der Waals surface area (Å²) < 4.78 is 6.41. The Bertz CT molecular complexity index is 1300. The first-order chi connectivity index (χ1) is 20.2. The van der Waals surface area contributed by atoms with Crippen LogP contribution in [0, 0.1) is 23.2 Å². The molecule has 226 valence electrons. The number of rotatable bonds is 8. The Balaban J connectivity index is 1.33. The van der Waals surface area contributed by atoms with Crippen molar-refractivity contribution < 1.29 is 19.4 Å². The molecule has 8 heteroatoms. The monoisotopic (exact) mass is 591 g/mol. The topological polar surface area (TPSA) is 83.0 Å². The van der Waals surface area contributed by atoms with Gasteiger partial charge in [-0.2, -0.15) is 0 Å². The van der Waals surface area contributed by atoms with Gasteiger partial charge >= 0.3 is 5.97 Å². The molecule has 1 amide bonds. The second-order valence-electron chi connectivity index (χ2n) is 13.2. The summed E-state index contributed by atoms with van der Waals surface area (Å²) in [5.41, 5.74) is 1.49. The molecular formula is C34H45N3O4S. The van der Waals surface area contributed by atoms with E-state index < -0.39 is 5.97 Å². The Morgan fingerprint density at radius 3 is 2.40 bits per heavy atom. The summed E-state index contributed by atoms with van der Waals surface area (Å²) in [6.07, 6.45) is 14.4. The van der Waals surface area contributed by atoms with E-state index in [-0.39, 0.29) is 34.3 Å². The molecule has 0 aromatic carbocycles. The van der Waals surface area contributed by atoms with Crippen molar-refractivity contribution in [3.63, 3.8) is 0 Å². The fourth-order valence-electron chi connectivity index (χ4n) is 6.49. The lowest BCUT2D eigenvalue weighted by molar-refractivity contribution is -0.124. The second-order valence-corrected chi connectivity index (χ2v) is 14.3. The number of aromatic carboxylic acids is 1. The lowest BCUT2D eigenvalue weighted by Crippen LogP contribution is -2.47. The van der Waals surface area contributed by atoms with E-state index in [1.807, 2.05) is 37.9 Å². The zero-order valence-electron chi connectivity index (χ0n) is 25.4. The van der Waals surface area contributed by atoms with E-state index in [0.717, 1.165) is 83.2 Å². The van der Waals surface area contributed by atoms with Crippen LogP contribution in [0.3, 0.4) is 0 Å². The molecular weight excluding hydrogens is 546 g/mol. The van der Waals surface area contributed by atoms with Gasteiger partial charge in [-0.05, 0) is 103 Å². The third-order valence-electron chi connectivity index (χ3n) is 8.61. The van der Waals surface area contributed by atoms with E-state index >= 15 is 0 Å². The molecule has 42 heavy (non-hydrogen) atoms. The van der Waals surface area contributed by atoms with Crippen molar-refractivity contribution in [2.75, 3.05) is 18.0 Å². The lowest BCUT2D eigenvalue weighted by atomic mass is 9.86. The van der Waals surface area contributed by atoms with Crippen LogP contribution < -0.4 is 9.64 Å². The van der Waals surface area contributed by atoms with Crippen molar-refractivity contribution in [2.24, 2.45) is 11.3 Å². The van der Waals surface area contributed by atoms with Crippen molar-refractivity contribution >= 4 is 28.9 Å². The molecule has 1 saturated heterocycles. The largest absolute Gasteiger partial charge is 0.489 e. The van der Waals surface area contributed by atoms with Crippen LogP contribution in [0.25, 0.3) is 0 Å². The zero-order chi connectivity index (χ0) is 29.7. The highest BCUT2D eigenvalue weighted by atomic mass is 32.1. The molecule has 2 aromatic heterocycles. The maximum absolute atomic E-state index is 14.1. The summed E-state index contributed by atoms with van der Waals surface area (Å²) in [4.78, 5) is 36.2. The van der Waals surface area contributed by atoms with Crippen LogP contribution in [0.5, 0.6) is 5.75 Å². The van der Waals surface area contributed by atoms with Gasteiger partial charge in [-0.3, -0.25) is 14.7 Å². The van der Waals surface area contributed by atoms with E-state index in [2.05, 4.69) is 27.8 Å². The minimum atomic E-state index is -1.00. The highest BCUT2D eigenvalue weighted by Gasteiger charge is 2.37. The number of pyridine rings is 1. The van der Waals surface area contributed by atoms with Crippen molar-refractivity contribution in [1.82, 2.24) is 9.88 Å². The van der Waals surface area contributed by atoms with Crippen molar-refractivity contribution in [1.29, 1.82) is 0 Å². The van der Waals surface area contributed by atoms with E-state index in [4.69, 9.17) is 4.74 Å². The average molecular weight is 592 g/mol. The van der Waals surface area contributed by atoms with Crippen molar-refractivity contribution in [3.8, 4) is 17.6 Å². The molecule has 1 N–H and O–H groups in total. The summed E-state index contributed by atoms with van der Waals surface area (Å²) in [6, 6.07) is 3.89. The first-order valence-electron chi connectivity index (χ1n) is 15.7. The number of amides is 1. The van der Waals surface area contributed by atoms with Gasteiger partial charge in [0.15, 0.2) is 0 Å². The van der Waals surface area contributed by atoms with Gasteiger partial charge < -0.3 is 14.7 Å². The normalized spacial score (nSPS) is 21.9. The molecule has 2 aromatic rings. The Labute approximate surface area is 254 Å². The van der Waals surface area contributed by atoms with Gasteiger partial charge in [0.05, 0.1) is 22.9 Å². The fourth-order valence-corrected chi connectivity index (χ4v) is 7.33. The first kappa shape index (κ1) is 30.6. The molecule has 3 aliphatic rings. The summed E-state index contributed by atoms with van der Waals surface area (Å²) >= 11 is 1.18. The molecule has 0 atom stereocenters. The van der Waals surface area contributed by atoms with Gasteiger partial charge in [0.1, 0.15) is 10.6 Å². The number of carboxylic acids is 1. The lowest BCUT2D eigenvalue weighted by Gasteiger charge is -2.39. The maximum Gasteiger partial charge on any atom is 0.348 e. The van der Waals surface area contributed by atoms with Gasteiger partial charge in [0, 0.05) is 30.1 Å². The molecule has 5 rings (SSSR count). The fraction of sp³-hybridized carbons (Fsp3) is 0.618. The third kappa shape index (κ3) is 7.93.